The number of rotatable bonds is 5. The minimum absolute atomic E-state index is 0.369. The van der Waals surface area contributed by atoms with Gasteiger partial charge >= 0.3 is 0 Å². The molecule has 0 saturated carbocycles. The number of pyridine rings is 1. The number of hydrogen-bond acceptors (Lipinski definition) is 6. The van der Waals surface area contributed by atoms with Gasteiger partial charge in [-0.1, -0.05) is 11.6 Å². The molecule has 3 aromatic rings. The number of hydrogen-bond donors (Lipinski definition) is 3. The first-order valence-electron chi connectivity index (χ1n) is 9.91. The molecule has 1 unspecified atom stereocenters. The van der Waals surface area contributed by atoms with E-state index in [9.17, 15) is 0 Å². The smallest absolute Gasteiger partial charge is 0.223 e. The molecule has 0 amide bonds. The topological polar surface area (TPSA) is 81.8 Å². The SMILES string of the molecule is Clc1cnc(N[C@@H]2CCN(CC3CCNC3)C2)nc1-c1c[nH]c2ncccc12. The Labute approximate surface area is 168 Å². The fraction of sp³-hybridized carbons (Fsp3) is 0.450. The van der Waals surface area contributed by atoms with Gasteiger partial charge in [0.1, 0.15) is 5.65 Å². The summed E-state index contributed by atoms with van der Waals surface area (Å²) < 4.78 is 0. The highest BCUT2D eigenvalue weighted by molar-refractivity contribution is 6.33. The van der Waals surface area contributed by atoms with Gasteiger partial charge in [-0.25, -0.2) is 15.0 Å². The second-order valence-electron chi connectivity index (χ2n) is 7.74. The molecule has 0 aliphatic carbocycles. The third-order valence-electron chi connectivity index (χ3n) is 5.73. The second kappa shape index (κ2) is 7.66. The fourth-order valence-corrected chi connectivity index (χ4v) is 4.50. The van der Waals surface area contributed by atoms with Gasteiger partial charge in [-0.3, -0.25) is 0 Å². The van der Waals surface area contributed by atoms with Gasteiger partial charge in [0.2, 0.25) is 5.95 Å². The van der Waals surface area contributed by atoms with Crippen molar-refractivity contribution in [3.63, 3.8) is 0 Å². The molecule has 2 saturated heterocycles. The van der Waals surface area contributed by atoms with Crippen LogP contribution in [0.15, 0.2) is 30.7 Å². The van der Waals surface area contributed by atoms with Crippen LogP contribution in [0.2, 0.25) is 5.02 Å². The molecule has 5 heterocycles. The standard InChI is InChI=1S/C20H24ClN7/c21-17-10-25-20(26-14-4-7-28(12-14)11-13-3-6-22-8-13)27-18(17)16-9-24-19-15(16)2-1-5-23-19/h1-2,5,9-10,13-14,22H,3-4,6-8,11-12H2,(H,23,24)(H,25,26,27)/t13?,14-/m1/s1. The second-order valence-corrected chi connectivity index (χ2v) is 8.15. The van der Waals surface area contributed by atoms with E-state index in [2.05, 4.69) is 30.5 Å². The molecular weight excluding hydrogens is 374 g/mol. The molecule has 2 atom stereocenters. The minimum atomic E-state index is 0.369. The molecule has 3 aromatic heterocycles. The third kappa shape index (κ3) is 3.57. The van der Waals surface area contributed by atoms with E-state index in [0.29, 0.717) is 17.0 Å². The highest BCUT2D eigenvalue weighted by Crippen LogP contribution is 2.31. The fourth-order valence-electron chi connectivity index (χ4n) is 4.31. The molecule has 0 bridgehead atoms. The number of aromatic amines is 1. The maximum atomic E-state index is 6.42. The molecule has 0 spiro atoms. The summed E-state index contributed by atoms with van der Waals surface area (Å²) in [7, 11) is 0. The van der Waals surface area contributed by atoms with Gasteiger partial charge in [-0.15, -0.1) is 0 Å². The molecule has 2 fully saturated rings. The maximum Gasteiger partial charge on any atom is 0.223 e. The quantitative estimate of drug-likeness (QED) is 0.614. The van der Waals surface area contributed by atoms with Gasteiger partial charge in [0, 0.05) is 49.0 Å². The number of fused-ring (bicyclic) bond motifs is 1. The molecular formula is C20H24ClN7. The average Bonchev–Trinajstić information content (AvgIpc) is 3.45. The predicted octanol–water partition coefficient (Wildman–Crippen LogP) is 2.77. The highest BCUT2D eigenvalue weighted by atomic mass is 35.5. The van der Waals surface area contributed by atoms with Crippen LogP contribution in [0.5, 0.6) is 0 Å². The Hall–Kier alpha value is -2.22. The van der Waals surface area contributed by atoms with Crippen molar-refractivity contribution in [2.45, 2.75) is 18.9 Å². The molecule has 2 aliphatic heterocycles. The van der Waals surface area contributed by atoms with Gasteiger partial charge in [0.25, 0.3) is 0 Å². The van der Waals surface area contributed by atoms with Crippen LogP contribution in [0.4, 0.5) is 5.95 Å². The monoisotopic (exact) mass is 397 g/mol. The molecule has 0 radical (unpaired) electrons. The number of aromatic nitrogens is 4. The van der Waals surface area contributed by atoms with Crippen molar-refractivity contribution in [1.29, 1.82) is 0 Å². The summed E-state index contributed by atoms with van der Waals surface area (Å²) in [6.45, 7) is 5.65. The lowest BCUT2D eigenvalue weighted by molar-refractivity contribution is 0.286. The van der Waals surface area contributed by atoms with Crippen LogP contribution in [-0.2, 0) is 0 Å². The Kier molecular flexibility index (Phi) is 4.88. The molecule has 8 heteroatoms. The number of anilines is 1. The van der Waals surface area contributed by atoms with E-state index in [1.54, 1.807) is 12.4 Å². The summed E-state index contributed by atoms with van der Waals surface area (Å²) in [6, 6.07) is 4.31. The van der Waals surface area contributed by atoms with Gasteiger partial charge in [-0.05, 0) is 44.0 Å². The Morgan fingerprint density at radius 1 is 1.29 bits per heavy atom. The predicted molar refractivity (Wildman–Crippen MR) is 112 cm³/mol. The maximum absolute atomic E-state index is 6.42. The molecule has 2 aliphatic rings. The van der Waals surface area contributed by atoms with Crippen LogP contribution < -0.4 is 10.6 Å². The first kappa shape index (κ1) is 17.8. The van der Waals surface area contributed by atoms with E-state index >= 15 is 0 Å². The van der Waals surface area contributed by atoms with Crippen molar-refractivity contribution >= 4 is 28.6 Å². The molecule has 5 rings (SSSR count). The van der Waals surface area contributed by atoms with Crippen molar-refractivity contribution in [2.24, 2.45) is 5.92 Å². The number of likely N-dealkylation sites (tertiary alicyclic amines) is 1. The van der Waals surface area contributed by atoms with Gasteiger partial charge < -0.3 is 20.5 Å². The van der Waals surface area contributed by atoms with Gasteiger partial charge in [0.05, 0.1) is 16.9 Å². The zero-order valence-corrected chi connectivity index (χ0v) is 16.4. The summed E-state index contributed by atoms with van der Waals surface area (Å²) in [4.78, 5) is 19.2. The Morgan fingerprint density at radius 2 is 2.25 bits per heavy atom. The van der Waals surface area contributed by atoms with E-state index in [4.69, 9.17) is 16.6 Å². The first-order chi connectivity index (χ1) is 13.8. The van der Waals surface area contributed by atoms with Crippen LogP contribution in [0.25, 0.3) is 22.3 Å². The lowest BCUT2D eigenvalue weighted by Crippen LogP contribution is -2.31. The number of H-pyrrole nitrogens is 1. The Morgan fingerprint density at radius 3 is 3.14 bits per heavy atom. The summed E-state index contributed by atoms with van der Waals surface area (Å²) in [6.07, 6.45) is 7.75. The lowest BCUT2D eigenvalue weighted by Gasteiger charge is -2.20. The summed E-state index contributed by atoms with van der Waals surface area (Å²) in [5, 5.41) is 8.51. The molecule has 3 N–H and O–H groups in total. The molecule has 28 heavy (non-hydrogen) atoms. The molecule has 0 aromatic carbocycles. The minimum Gasteiger partial charge on any atom is -0.350 e. The van der Waals surface area contributed by atoms with E-state index < -0.39 is 0 Å². The van der Waals surface area contributed by atoms with Crippen LogP contribution in [0.1, 0.15) is 12.8 Å². The first-order valence-corrected chi connectivity index (χ1v) is 10.3. The zero-order chi connectivity index (χ0) is 18.9. The largest absolute Gasteiger partial charge is 0.350 e. The van der Waals surface area contributed by atoms with E-state index in [0.717, 1.165) is 60.8 Å². The van der Waals surface area contributed by atoms with E-state index in [1.807, 2.05) is 18.3 Å². The average molecular weight is 398 g/mol. The van der Waals surface area contributed by atoms with Crippen molar-refractivity contribution in [1.82, 2.24) is 30.2 Å². The van der Waals surface area contributed by atoms with Gasteiger partial charge in [0.15, 0.2) is 0 Å². The lowest BCUT2D eigenvalue weighted by atomic mass is 10.1. The summed E-state index contributed by atoms with van der Waals surface area (Å²) >= 11 is 6.42. The van der Waals surface area contributed by atoms with Crippen molar-refractivity contribution in [3.8, 4) is 11.3 Å². The highest BCUT2D eigenvalue weighted by Gasteiger charge is 2.26. The molecule has 7 nitrogen and oxygen atoms in total. The number of halogens is 1. The summed E-state index contributed by atoms with van der Waals surface area (Å²) in [5.41, 5.74) is 2.50. The zero-order valence-electron chi connectivity index (χ0n) is 15.7. The van der Waals surface area contributed by atoms with E-state index in [1.165, 1.54) is 13.0 Å². The van der Waals surface area contributed by atoms with Crippen LogP contribution in [-0.4, -0.2) is 63.6 Å². The van der Waals surface area contributed by atoms with Crippen LogP contribution in [0.3, 0.4) is 0 Å². The van der Waals surface area contributed by atoms with Crippen LogP contribution in [0, 0.1) is 5.92 Å². The van der Waals surface area contributed by atoms with E-state index in [-0.39, 0.29) is 0 Å². The third-order valence-corrected chi connectivity index (χ3v) is 6.01. The van der Waals surface area contributed by atoms with Crippen molar-refractivity contribution < 1.29 is 0 Å². The Balaban J connectivity index is 1.31. The van der Waals surface area contributed by atoms with Gasteiger partial charge in [-0.2, -0.15) is 0 Å². The number of nitrogens with zero attached hydrogens (tertiary/aromatic N) is 4. The normalized spacial score (nSPS) is 22.9. The van der Waals surface area contributed by atoms with Crippen molar-refractivity contribution in [2.75, 3.05) is 38.0 Å². The number of nitrogens with one attached hydrogen (secondary N) is 3. The molecule has 146 valence electrons. The Bertz CT molecular complexity index is 966. The van der Waals surface area contributed by atoms with Crippen molar-refractivity contribution in [3.05, 3.63) is 35.7 Å². The van der Waals surface area contributed by atoms with Crippen LogP contribution >= 0.6 is 11.6 Å². The summed E-state index contributed by atoms with van der Waals surface area (Å²) in [5.74, 6) is 1.42.